The minimum Gasteiger partial charge on any atom is -0.459 e. The number of likely N-dealkylation sites (tertiary alicyclic amines) is 1. The van der Waals surface area contributed by atoms with Crippen molar-refractivity contribution in [3.05, 3.63) is 48.0 Å². The van der Waals surface area contributed by atoms with E-state index in [1.165, 1.54) is 5.56 Å². The normalized spacial score (nSPS) is 19.6. The molecule has 1 atom stereocenters. The lowest BCUT2D eigenvalue weighted by atomic mass is 10.0. The predicted octanol–water partition coefficient (Wildman–Crippen LogP) is 3.40. The number of hydrogen-bond donors (Lipinski definition) is 0. The van der Waals surface area contributed by atoms with Crippen LogP contribution in [-0.2, 0) is 6.54 Å². The van der Waals surface area contributed by atoms with Crippen LogP contribution in [0.1, 0.15) is 30.3 Å². The molecule has 0 amide bonds. The second kappa shape index (κ2) is 5.93. The summed E-state index contributed by atoms with van der Waals surface area (Å²) in [4.78, 5) is 2.36. The van der Waals surface area contributed by atoms with Gasteiger partial charge < -0.3 is 18.3 Å². The molecule has 0 N–H and O–H groups in total. The molecule has 2 aliphatic heterocycles. The van der Waals surface area contributed by atoms with Crippen molar-refractivity contribution in [3.63, 3.8) is 0 Å². The minimum atomic E-state index is 0.296. The molecule has 0 aliphatic carbocycles. The van der Waals surface area contributed by atoms with Crippen LogP contribution in [0.15, 0.2) is 45.4 Å². The number of furan rings is 1. The maximum Gasteiger partial charge on any atom is 0.283 e. The van der Waals surface area contributed by atoms with E-state index in [9.17, 15) is 0 Å². The first-order valence-electron chi connectivity index (χ1n) is 8.37. The molecule has 0 radical (unpaired) electrons. The quantitative estimate of drug-likeness (QED) is 0.721. The van der Waals surface area contributed by atoms with E-state index < -0.39 is 0 Å². The van der Waals surface area contributed by atoms with Crippen molar-refractivity contribution >= 4 is 0 Å². The number of benzene rings is 1. The van der Waals surface area contributed by atoms with E-state index in [2.05, 4.69) is 27.2 Å². The van der Waals surface area contributed by atoms with Gasteiger partial charge >= 0.3 is 0 Å². The molecule has 0 bridgehead atoms. The van der Waals surface area contributed by atoms with E-state index in [0.717, 1.165) is 30.9 Å². The maximum atomic E-state index is 5.75. The Hall–Kier alpha value is -2.80. The Balaban J connectivity index is 1.35. The van der Waals surface area contributed by atoms with Crippen LogP contribution in [0.2, 0.25) is 0 Å². The molecular formula is C18H17N3O4. The molecule has 2 aliphatic rings. The van der Waals surface area contributed by atoms with Crippen molar-refractivity contribution in [2.75, 3.05) is 13.3 Å². The van der Waals surface area contributed by atoms with Gasteiger partial charge in [-0.15, -0.1) is 10.2 Å². The van der Waals surface area contributed by atoms with Gasteiger partial charge in [0.25, 0.3) is 5.89 Å². The van der Waals surface area contributed by atoms with E-state index in [-0.39, 0.29) is 0 Å². The van der Waals surface area contributed by atoms with E-state index in [1.807, 2.05) is 12.1 Å². The van der Waals surface area contributed by atoms with Crippen LogP contribution in [-0.4, -0.2) is 28.4 Å². The summed E-state index contributed by atoms with van der Waals surface area (Å²) in [6.45, 7) is 1.91. The average molecular weight is 339 g/mol. The standard InChI is InChI=1S/C18H17N3O4/c1-3-13(12-5-6-14-16(9-12)24-11-23-14)21(7-1)10-17-19-20-18(25-17)15-4-2-8-22-15/h2,4-6,8-9,13H,1,3,7,10-11H2. The van der Waals surface area contributed by atoms with Gasteiger partial charge in [-0.2, -0.15) is 0 Å². The summed E-state index contributed by atoms with van der Waals surface area (Å²) in [5.74, 6) is 3.24. The van der Waals surface area contributed by atoms with Gasteiger partial charge in [-0.05, 0) is 49.2 Å². The van der Waals surface area contributed by atoms with Gasteiger partial charge in [0.15, 0.2) is 17.3 Å². The van der Waals surface area contributed by atoms with Crippen LogP contribution in [0.3, 0.4) is 0 Å². The van der Waals surface area contributed by atoms with Crippen LogP contribution in [0.5, 0.6) is 11.5 Å². The number of aromatic nitrogens is 2. The highest BCUT2D eigenvalue weighted by Crippen LogP contribution is 2.39. The fourth-order valence-electron chi connectivity index (χ4n) is 3.50. The van der Waals surface area contributed by atoms with Crippen molar-refractivity contribution < 1.29 is 18.3 Å². The molecule has 0 spiro atoms. The highest BCUT2D eigenvalue weighted by molar-refractivity contribution is 5.45. The second-order valence-electron chi connectivity index (χ2n) is 6.22. The predicted molar refractivity (Wildman–Crippen MR) is 87.0 cm³/mol. The summed E-state index contributed by atoms with van der Waals surface area (Å²) < 4.78 is 21.9. The second-order valence-corrected chi connectivity index (χ2v) is 6.22. The highest BCUT2D eigenvalue weighted by atomic mass is 16.7. The summed E-state index contributed by atoms with van der Waals surface area (Å²) in [6, 6.07) is 10.1. The number of rotatable bonds is 4. The molecule has 1 saturated heterocycles. The van der Waals surface area contributed by atoms with Gasteiger partial charge in [-0.3, -0.25) is 4.90 Å². The Morgan fingerprint density at radius 2 is 2.08 bits per heavy atom. The van der Waals surface area contributed by atoms with E-state index in [1.54, 1.807) is 12.3 Å². The zero-order valence-corrected chi connectivity index (χ0v) is 13.6. The number of nitrogens with zero attached hydrogens (tertiary/aromatic N) is 3. The number of hydrogen-bond acceptors (Lipinski definition) is 7. The zero-order chi connectivity index (χ0) is 16.6. The SMILES string of the molecule is c1coc(-c2nnc(CN3CCCC3c3ccc4c(c3)OCO4)o2)c1. The molecular weight excluding hydrogens is 322 g/mol. The fraction of sp³-hybridized carbons (Fsp3) is 0.333. The molecule has 0 saturated carbocycles. The van der Waals surface area contributed by atoms with Crippen molar-refractivity contribution in [3.8, 4) is 23.1 Å². The Bertz CT molecular complexity index is 874. The van der Waals surface area contributed by atoms with Crippen LogP contribution in [0.25, 0.3) is 11.7 Å². The average Bonchev–Trinajstić information content (AvgIpc) is 3.41. The molecule has 25 heavy (non-hydrogen) atoms. The summed E-state index contributed by atoms with van der Waals surface area (Å²) in [5, 5.41) is 8.23. The van der Waals surface area contributed by atoms with Gasteiger partial charge in [0.1, 0.15) is 0 Å². The lowest BCUT2D eigenvalue weighted by molar-refractivity contribution is 0.173. The zero-order valence-electron chi connectivity index (χ0n) is 13.6. The van der Waals surface area contributed by atoms with Crippen LogP contribution < -0.4 is 9.47 Å². The monoisotopic (exact) mass is 339 g/mol. The molecule has 1 unspecified atom stereocenters. The van der Waals surface area contributed by atoms with Gasteiger partial charge in [-0.25, -0.2) is 0 Å². The largest absolute Gasteiger partial charge is 0.459 e. The lowest BCUT2D eigenvalue weighted by Gasteiger charge is -2.23. The molecule has 7 heteroatoms. The smallest absolute Gasteiger partial charge is 0.283 e. The Labute approximate surface area is 144 Å². The molecule has 4 heterocycles. The van der Waals surface area contributed by atoms with Crippen LogP contribution >= 0.6 is 0 Å². The van der Waals surface area contributed by atoms with Crippen LogP contribution in [0.4, 0.5) is 0 Å². The number of fused-ring (bicyclic) bond motifs is 1. The van der Waals surface area contributed by atoms with Crippen molar-refractivity contribution in [2.45, 2.75) is 25.4 Å². The van der Waals surface area contributed by atoms with Crippen molar-refractivity contribution in [2.24, 2.45) is 0 Å². The third-order valence-electron chi connectivity index (χ3n) is 4.68. The van der Waals surface area contributed by atoms with E-state index in [4.69, 9.17) is 18.3 Å². The molecule has 1 aromatic carbocycles. The number of ether oxygens (including phenoxy) is 2. The Morgan fingerprint density at radius 3 is 3.00 bits per heavy atom. The maximum absolute atomic E-state index is 5.75. The minimum absolute atomic E-state index is 0.296. The first kappa shape index (κ1) is 14.5. The van der Waals surface area contributed by atoms with Gasteiger partial charge in [0.05, 0.1) is 12.8 Å². The summed E-state index contributed by atoms with van der Waals surface area (Å²) in [6.07, 6.45) is 3.83. The lowest BCUT2D eigenvalue weighted by Crippen LogP contribution is -2.22. The molecule has 128 valence electrons. The molecule has 5 rings (SSSR count). The third-order valence-corrected chi connectivity index (χ3v) is 4.68. The summed E-state index contributed by atoms with van der Waals surface area (Å²) in [5.41, 5.74) is 1.23. The first-order chi connectivity index (χ1) is 12.4. The molecule has 2 aromatic heterocycles. The summed E-state index contributed by atoms with van der Waals surface area (Å²) >= 11 is 0. The molecule has 1 fully saturated rings. The van der Waals surface area contributed by atoms with Gasteiger partial charge in [-0.1, -0.05) is 6.07 Å². The molecule has 7 nitrogen and oxygen atoms in total. The van der Waals surface area contributed by atoms with Gasteiger partial charge in [0, 0.05) is 6.04 Å². The van der Waals surface area contributed by atoms with Crippen molar-refractivity contribution in [1.29, 1.82) is 0 Å². The Kier molecular flexibility index (Phi) is 3.45. The third kappa shape index (κ3) is 2.66. The molecule has 3 aromatic rings. The van der Waals surface area contributed by atoms with Crippen LogP contribution in [0, 0.1) is 0 Å². The Morgan fingerprint density at radius 1 is 1.12 bits per heavy atom. The van der Waals surface area contributed by atoms with E-state index >= 15 is 0 Å². The highest BCUT2D eigenvalue weighted by Gasteiger charge is 2.29. The summed E-state index contributed by atoms with van der Waals surface area (Å²) in [7, 11) is 0. The van der Waals surface area contributed by atoms with E-state index in [0.29, 0.717) is 36.9 Å². The first-order valence-corrected chi connectivity index (χ1v) is 8.37. The topological polar surface area (TPSA) is 73.8 Å². The van der Waals surface area contributed by atoms with Crippen molar-refractivity contribution in [1.82, 2.24) is 15.1 Å². The fourth-order valence-corrected chi connectivity index (χ4v) is 3.50. The van der Waals surface area contributed by atoms with Gasteiger partial charge in [0.2, 0.25) is 12.7 Å².